The van der Waals surface area contributed by atoms with E-state index >= 15 is 0 Å². The molecule has 3 rings (SSSR count). The van der Waals surface area contributed by atoms with E-state index < -0.39 is 11.2 Å². The highest BCUT2D eigenvalue weighted by molar-refractivity contribution is 9.10. The molecule has 1 aromatic rings. The third-order valence-electron chi connectivity index (χ3n) is 5.98. The summed E-state index contributed by atoms with van der Waals surface area (Å²) < 4.78 is 12.1. The molecule has 2 fully saturated rings. The Morgan fingerprint density at radius 2 is 1.65 bits per heavy atom. The molecule has 6 nitrogen and oxygen atoms in total. The highest BCUT2D eigenvalue weighted by atomic mass is 79.9. The van der Waals surface area contributed by atoms with Crippen LogP contribution in [0.3, 0.4) is 0 Å². The van der Waals surface area contributed by atoms with Crippen LogP contribution in [0, 0.1) is 5.92 Å². The van der Waals surface area contributed by atoms with Gasteiger partial charge in [-0.15, -0.1) is 0 Å². The molecule has 0 spiro atoms. The minimum Gasteiger partial charge on any atom is -0.460 e. The SMILES string of the molecule is CC(C)(C)OC(=O)CC1CCC(N(C(=O)OC(C)(C)C)[C@H]2C[C@@H]2c2ccc(Br)nc2)CC1.[B]P. The van der Waals surface area contributed by atoms with Crippen LogP contribution in [0.15, 0.2) is 22.9 Å². The number of halogens is 1. The first-order valence-electron chi connectivity index (χ1n) is 12.0. The Kier molecular flexibility index (Phi) is 10.4. The molecule has 188 valence electrons. The summed E-state index contributed by atoms with van der Waals surface area (Å²) in [4.78, 5) is 31.8. The van der Waals surface area contributed by atoms with Crippen LogP contribution >= 0.6 is 25.0 Å². The van der Waals surface area contributed by atoms with E-state index in [1.54, 1.807) is 0 Å². The minimum absolute atomic E-state index is 0.130. The molecule has 9 heteroatoms. The summed E-state index contributed by atoms with van der Waals surface area (Å²) >= 11 is 3.39. The second kappa shape index (κ2) is 12.2. The van der Waals surface area contributed by atoms with Gasteiger partial charge in [-0.1, -0.05) is 6.07 Å². The molecular weight excluding hydrogens is 514 g/mol. The van der Waals surface area contributed by atoms with E-state index in [-0.39, 0.29) is 24.1 Å². The Morgan fingerprint density at radius 1 is 1.06 bits per heavy atom. The molecular formula is C25H39BBrN2O4P. The lowest BCUT2D eigenvalue weighted by atomic mass is 9.83. The number of carbonyl (C=O) groups is 2. The van der Waals surface area contributed by atoms with Crippen molar-refractivity contribution in [2.24, 2.45) is 5.92 Å². The average Bonchev–Trinajstić information content (AvgIpc) is 3.49. The summed E-state index contributed by atoms with van der Waals surface area (Å²) in [5, 5.41) is 0. The molecule has 0 N–H and O–H groups in total. The Morgan fingerprint density at radius 3 is 2.15 bits per heavy atom. The summed E-state index contributed by atoms with van der Waals surface area (Å²) in [5.41, 5.74) is 0.169. The number of amides is 1. The van der Waals surface area contributed by atoms with E-state index in [4.69, 9.17) is 9.47 Å². The van der Waals surface area contributed by atoms with Gasteiger partial charge in [-0.2, -0.15) is 9.12 Å². The molecule has 0 saturated heterocycles. The van der Waals surface area contributed by atoms with Crippen LogP contribution in [0.4, 0.5) is 4.79 Å². The van der Waals surface area contributed by atoms with E-state index in [1.807, 2.05) is 67.8 Å². The van der Waals surface area contributed by atoms with Crippen LogP contribution in [0.1, 0.15) is 91.5 Å². The van der Waals surface area contributed by atoms with E-state index in [1.165, 1.54) is 0 Å². The number of aromatic nitrogens is 1. The van der Waals surface area contributed by atoms with Crippen LogP contribution < -0.4 is 0 Å². The minimum atomic E-state index is -0.535. The van der Waals surface area contributed by atoms with Gasteiger partial charge in [0.25, 0.3) is 0 Å². The zero-order valence-corrected chi connectivity index (χ0v) is 24.1. The molecule has 1 aromatic heterocycles. The van der Waals surface area contributed by atoms with Gasteiger partial charge in [-0.25, -0.2) is 9.78 Å². The quantitative estimate of drug-likeness (QED) is 0.189. The maximum absolute atomic E-state index is 13.2. The fourth-order valence-electron chi connectivity index (χ4n) is 4.57. The van der Waals surface area contributed by atoms with Gasteiger partial charge >= 0.3 is 12.1 Å². The Labute approximate surface area is 217 Å². The van der Waals surface area contributed by atoms with E-state index in [9.17, 15) is 9.59 Å². The third-order valence-corrected chi connectivity index (χ3v) is 6.45. The topological polar surface area (TPSA) is 68.7 Å². The maximum atomic E-state index is 13.2. The molecule has 34 heavy (non-hydrogen) atoms. The molecule has 3 atom stereocenters. The van der Waals surface area contributed by atoms with E-state index in [0.717, 1.165) is 42.3 Å². The van der Waals surface area contributed by atoms with Crippen molar-refractivity contribution < 1.29 is 19.1 Å². The predicted octanol–water partition coefficient (Wildman–Crippen LogP) is 6.17. The van der Waals surface area contributed by atoms with Crippen molar-refractivity contribution in [1.29, 1.82) is 0 Å². The van der Waals surface area contributed by atoms with Crippen molar-refractivity contribution in [3.05, 3.63) is 28.5 Å². The fourth-order valence-corrected chi connectivity index (χ4v) is 4.80. The van der Waals surface area contributed by atoms with Crippen molar-refractivity contribution in [3.8, 4) is 0 Å². The van der Waals surface area contributed by atoms with Crippen LogP contribution in [-0.2, 0) is 14.3 Å². The molecule has 2 radical (unpaired) electrons. The number of nitrogens with zero attached hydrogens (tertiary/aromatic N) is 2. The number of hydrogen-bond donors (Lipinski definition) is 0. The molecule has 0 bridgehead atoms. The van der Waals surface area contributed by atoms with Crippen molar-refractivity contribution in [2.45, 2.75) is 109 Å². The molecule has 1 heterocycles. The van der Waals surface area contributed by atoms with E-state index in [0.29, 0.717) is 18.3 Å². The summed E-state index contributed by atoms with van der Waals surface area (Å²) in [6.45, 7) is 11.4. The summed E-state index contributed by atoms with van der Waals surface area (Å²) in [7, 11) is 6.33. The standard InChI is InChI=1S/C25H37BrN2O4.BH2P/c1-24(2,3)31-22(29)13-16-7-10-18(11-8-16)28(23(30)32-25(4,5)6)20-14-19(20)17-9-12-21(26)27-15-17;1-2/h9,12,15-16,18-20H,7-8,10-11,13-14H2,1-6H3;2H2/t16?,18?,19-,20+;/m1./s1. The van der Waals surface area contributed by atoms with Gasteiger partial charge in [-0.3, -0.25) is 4.79 Å². The highest BCUT2D eigenvalue weighted by Gasteiger charge is 2.49. The Hall–Kier alpha value is -1.14. The van der Waals surface area contributed by atoms with Gasteiger partial charge in [0.1, 0.15) is 15.8 Å². The van der Waals surface area contributed by atoms with Crippen LogP contribution in [0.25, 0.3) is 0 Å². The summed E-state index contributed by atoms with van der Waals surface area (Å²) in [6, 6.07) is 4.30. The monoisotopic (exact) mass is 552 g/mol. The van der Waals surface area contributed by atoms with Crippen molar-refractivity contribution in [2.75, 3.05) is 0 Å². The number of carbonyl (C=O) groups excluding carboxylic acids is 2. The van der Waals surface area contributed by atoms with Gasteiger partial charge in [0, 0.05) is 30.6 Å². The number of hydrogen-bond acceptors (Lipinski definition) is 5. The third kappa shape index (κ3) is 9.15. The van der Waals surface area contributed by atoms with Gasteiger partial charge in [-0.05, 0) is 107 Å². The Bertz CT molecular complexity index is 818. The van der Waals surface area contributed by atoms with Gasteiger partial charge in [0.05, 0.1) is 7.57 Å². The van der Waals surface area contributed by atoms with Crippen molar-refractivity contribution in [1.82, 2.24) is 9.88 Å². The fraction of sp³-hybridized carbons (Fsp3) is 0.720. The zero-order chi connectivity index (χ0) is 25.7. The normalized spacial score (nSPS) is 24.4. The number of esters is 1. The lowest BCUT2D eigenvalue weighted by molar-refractivity contribution is -0.156. The first kappa shape index (κ1) is 29.1. The lowest BCUT2D eigenvalue weighted by Crippen LogP contribution is -2.46. The molecule has 0 aromatic carbocycles. The van der Waals surface area contributed by atoms with Crippen molar-refractivity contribution in [3.63, 3.8) is 0 Å². The zero-order valence-electron chi connectivity index (χ0n) is 21.3. The number of pyridine rings is 1. The van der Waals surface area contributed by atoms with Gasteiger partial charge in [0.15, 0.2) is 0 Å². The molecule has 0 aliphatic heterocycles. The molecule has 2 saturated carbocycles. The van der Waals surface area contributed by atoms with Gasteiger partial charge < -0.3 is 14.4 Å². The first-order chi connectivity index (χ1) is 15.8. The Balaban J connectivity index is 0.00000199. The second-order valence-corrected chi connectivity index (χ2v) is 12.0. The first-order valence-corrected chi connectivity index (χ1v) is 13.5. The van der Waals surface area contributed by atoms with Crippen LogP contribution in [-0.4, -0.2) is 52.8 Å². The maximum Gasteiger partial charge on any atom is 0.410 e. The molecule has 1 amide bonds. The highest BCUT2D eigenvalue weighted by Crippen LogP contribution is 2.47. The predicted molar refractivity (Wildman–Crippen MR) is 143 cm³/mol. The molecule has 2 aliphatic carbocycles. The molecule has 1 unspecified atom stereocenters. The smallest absolute Gasteiger partial charge is 0.410 e. The molecule has 2 aliphatic rings. The number of rotatable bonds is 5. The number of ether oxygens (including phenoxy) is 2. The van der Waals surface area contributed by atoms with Gasteiger partial charge in [0.2, 0.25) is 0 Å². The largest absolute Gasteiger partial charge is 0.460 e. The average molecular weight is 553 g/mol. The van der Waals surface area contributed by atoms with E-state index in [2.05, 4.69) is 34.5 Å². The summed E-state index contributed by atoms with van der Waals surface area (Å²) in [5.74, 6) is 0.477. The second-order valence-electron chi connectivity index (χ2n) is 11.2. The lowest BCUT2D eigenvalue weighted by Gasteiger charge is -2.38. The van der Waals surface area contributed by atoms with Crippen LogP contribution in [0.2, 0.25) is 0 Å². The van der Waals surface area contributed by atoms with Crippen LogP contribution in [0.5, 0.6) is 0 Å². The van der Waals surface area contributed by atoms with Crippen molar-refractivity contribution >= 4 is 44.7 Å². The summed E-state index contributed by atoms with van der Waals surface area (Å²) in [6.07, 6.45) is 6.64.